The number of aryl methyl sites for hydroxylation is 1. The molecule has 0 atom stereocenters. The van der Waals surface area contributed by atoms with Crippen LogP contribution in [0, 0.1) is 12.8 Å². The second-order valence-corrected chi connectivity index (χ2v) is 6.60. The minimum absolute atomic E-state index is 0.0937. The first-order chi connectivity index (χ1) is 10.6. The van der Waals surface area contributed by atoms with E-state index in [1.807, 2.05) is 4.90 Å². The standard InChI is InChI=1S/C18H29N3O/c1-15(2)8-9-19-18(22)21-12-10-20(11-13-21)14-17-7-5-4-6-16(17)3/h4-7,15H,8-14H2,1-3H3,(H,19,22). The molecule has 0 aromatic heterocycles. The highest BCUT2D eigenvalue weighted by atomic mass is 16.2. The molecule has 0 aliphatic carbocycles. The van der Waals surface area contributed by atoms with Gasteiger partial charge in [0, 0.05) is 39.3 Å². The van der Waals surface area contributed by atoms with E-state index in [4.69, 9.17) is 0 Å². The molecule has 1 aromatic rings. The van der Waals surface area contributed by atoms with E-state index in [0.29, 0.717) is 5.92 Å². The maximum atomic E-state index is 12.1. The Kier molecular flexibility index (Phi) is 6.25. The molecular formula is C18H29N3O. The monoisotopic (exact) mass is 303 g/mol. The first kappa shape index (κ1) is 16.8. The number of benzene rings is 1. The average Bonchev–Trinajstić information content (AvgIpc) is 2.50. The van der Waals surface area contributed by atoms with E-state index in [2.05, 4.69) is 55.3 Å². The number of hydrogen-bond donors (Lipinski definition) is 1. The summed E-state index contributed by atoms with van der Waals surface area (Å²) < 4.78 is 0. The van der Waals surface area contributed by atoms with Crippen LogP contribution in [0.25, 0.3) is 0 Å². The topological polar surface area (TPSA) is 35.6 Å². The highest BCUT2D eigenvalue weighted by Crippen LogP contribution is 2.12. The lowest BCUT2D eigenvalue weighted by atomic mass is 10.1. The second kappa shape index (κ2) is 8.18. The van der Waals surface area contributed by atoms with Crippen LogP contribution in [0.4, 0.5) is 4.79 Å². The van der Waals surface area contributed by atoms with Gasteiger partial charge >= 0.3 is 6.03 Å². The molecule has 0 spiro atoms. The number of hydrogen-bond acceptors (Lipinski definition) is 2. The Hall–Kier alpha value is -1.55. The predicted octanol–water partition coefficient (Wildman–Crippen LogP) is 2.87. The number of amides is 2. The molecule has 2 amide bonds. The minimum Gasteiger partial charge on any atom is -0.338 e. The van der Waals surface area contributed by atoms with Crippen molar-refractivity contribution in [2.24, 2.45) is 5.92 Å². The van der Waals surface area contributed by atoms with Gasteiger partial charge in [-0.15, -0.1) is 0 Å². The van der Waals surface area contributed by atoms with Crippen LogP contribution in [0.1, 0.15) is 31.4 Å². The van der Waals surface area contributed by atoms with Gasteiger partial charge in [0.1, 0.15) is 0 Å². The first-order valence-corrected chi connectivity index (χ1v) is 8.36. The third-order valence-electron chi connectivity index (χ3n) is 4.31. The molecule has 0 unspecified atom stereocenters. The van der Waals surface area contributed by atoms with Gasteiger partial charge in [-0.3, -0.25) is 4.90 Å². The van der Waals surface area contributed by atoms with Gasteiger partial charge in [-0.05, 0) is 30.4 Å². The van der Waals surface area contributed by atoms with Crippen molar-refractivity contribution in [1.29, 1.82) is 0 Å². The predicted molar refractivity (Wildman–Crippen MR) is 90.9 cm³/mol. The van der Waals surface area contributed by atoms with E-state index in [1.165, 1.54) is 11.1 Å². The normalized spacial score (nSPS) is 16.1. The molecule has 122 valence electrons. The number of nitrogens with one attached hydrogen (secondary N) is 1. The van der Waals surface area contributed by atoms with Crippen molar-refractivity contribution in [1.82, 2.24) is 15.1 Å². The number of rotatable bonds is 5. The van der Waals surface area contributed by atoms with Gasteiger partial charge in [0.25, 0.3) is 0 Å². The lowest BCUT2D eigenvalue weighted by molar-refractivity contribution is 0.135. The van der Waals surface area contributed by atoms with Gasteiger partial charge in [-0.25, -0.2) is 4.79 Å². The maximum Gasteiger partial charge on any atom is 0.317 e. The zero-order chi connectivity index (χ0) is 15.9. The quantitative estimate of drug-likeness (QED) is 0.908. The van der Waals surface area contributed by atoms with Crippen molar-refractivity contribution in [3.63, 3.8) is 0 Å². The Morgan fingerprint density at radius 1 is 1.18 bits per heavy atom. The molecule has 4 nitrogen and oxygen atoms in total. The van der Waals surface area contributed by atoms with Crippen LogP contribution in [0.3, 0.4) is 0 Å². The molecule has 4 heteroatoms. The third kappa shape index (κ3) is 5.02. The van der Waals surface area contributed by atoms with Crippen LogP contribution in [-0.4, -0.2) is 48.6 Å². The smallest absolute Gasteiger partial charge is 0.317 e. The van der Waals surface area contributed by atoms with Gasteiger partial charge in [0.15, 0.2) is 0 Å². The van der Waals surface area contributed by atoms with Crippen molar-refractivity contribution in [2.75, 3.05) is 32.7 Å². The fourth-order valence-electron chi connectivity index (χ4n) is 2.72. The Bertz CT molecular complexity index is 479. The molecule has 1 aliphatic rings. The SMILES string of the molecule is Cc1ccccc1CN1CCN(C(=O)NCCC(C)C)CC1. The van der Waals surface area contributed by atoms with E-state index >= 15 is 0 Å². The van der Waals surface area contributed by atoms with E-state index in [0.717, 1.165) is 45.7 Å². The first-order valence-electron chi connectivity index (χ1n) is 8.36. The van der Waals surface area contributed by atoms with Gasteiger partial charge in [0.05, 0.1) is 0 Å². The zero-order valence-electron chi connectivity index (χ0n) is 14.1. The maximum absolute atomic E-state index is 12.1. The van der Waals surface area contributed by atoms with E-state index in [9.17, 15) is 4.79 Å². The summed E-state index contributed by atoms with van der Waals surface area (Å²) in [6, 6.07) is 8.63. The second-order valence-electron chi connectivity index (χ2n) is 6.60. The molecular weight excluding hydrogens is 274 g/mol. The summed E-state index contributed by atoms with van der Waals surface area (Å²) in [5.74, 6) is 0.631. The summed E-state index contributed by atoms with van der Waals surface area (Å²) in [5.41, 5.74) is 2.73. The number of carbonyl (C=O) groups is 1. The number of carbonyl (C=O) groups excluding carboxylic acids is 1. The summed E-state index contributed by atoms with van der Waals surface area (Å²) in [5, 5.41) is 3.03. The summed E-state index contributed by atoms with van der Waals surface area (Å²) >= 11 is 0. The Labute approximate surface area is 134 Å². The highest BCUT2D eigenvalue weighted by Gasteiger charge is 2.21. The molecule has 1 saturated heterocycles. The van der Waals surface area contributed by atoms with Crippen molar-refractivity contribution in [2.45, 2.75) is 33.7 Å². The Morgan fingerprint density at radius 3 is 2.50 bits per heavy atom. The van der Waals surface area contributed by atoms with Crippen LogP contribution < -0.4 is 5.32 Å². The lowest BCUT2D eigenvalue weighted by Gasteiger charge is -2.35. The molecule has 22 heavy (non-hydrogen) atoms. The van der Waals surface area contributed by atoms with Crippen molar-refractivity contribution in [3.05, 3.63) is 35.4 Å². The number of nitrogens with zero attached hydrogens (tertiary/aromatic N) is 2. The van der Waals surface area contributed by atoms with E-state index in [-0.39, 0.29) is 6.03 Å². The van der Waals surface area contributed by atoms with Crippen molar-refractivity contribution < 1.29 is 4.79 Å². The lowest BCUT2D eigenvalue weighted by Crippen LogP contribution is -2.51. The molecule has 1 aromatic carbocycles. The van der Waals surface area contributed by atoms with E-state index in [1.54, 1.807) is 0 Å². The molecule has 2 rings (SSSR count). The van der Waals surface area contributed by atoms with Gasteiger partial charge < -0.3 is 10.2 Å². The molecule has 1 fully saturated rings. The third-order valence-corrected chi connectivity index (χ3v) is 4.31. The number of urea groups is 1. The van der Waals surface area contributed by atoms with Crippen LogP contribution in [0.15, 0.2) is 24.3 Å². The van der Waals surface area contributed by atoms with Gasteiger partial charge in [0.2, 0.25) is 0 Å². The van der Waals surface area contributed by atoms with Crippen LogP contribution in [0.5, 0.6) is 0 Å². The van der Waals surface area contributed by atoms with Crippen LogP contribution in [-0.2, 0) is 6.54 Å². The Balaban J connectivity index is 1.73. The molecule has 0 radical (unpaired) electrons. The van der Waals surface area contributed by atoms with Crippen LogP contribution >= 0.6 is 0 Å². The fourth-order valence-corrected chi connectivity index (χ4v) is 2.72. The summed E-state index contributed by atoms with van der Waals surface area (Å²) in [7, 11) is 0. The Morgan fingerprint density at radius 2 is 1.86 bits per heavy atom. The van der Waals surface area contributed by atoms with Gasteiger partial charge in [-0.1, -0.05) is 38.1 Å². The summed E-state index contributed by atoms with van der Waals surface area (Å²) in [4.78, 5) is 16.5. The van der Waals surface area contributed by atoms with Crippen molar-refractivity contribution in [3.8, 4) is 0 Å². The van der Waals surface area contributed by atoms with Gasteiger partial charge in [-0.2, -0.15) is 0 Å². The molecule has 0 bridgehead atoms. The molecule has 1 aliphatic heterocycles. The average molecular weight is 303 g/mol. The highest BCUT2D eigenvalue weighted by molar-refractivity contribution is 5.74. The van der Waals surface area contributed by atoms with E-state index < -0.39 is 0 Å². The molecule has 0 saturated carbocycles. The fraction of sp³-hybridized carbons (Fsp3) is 0.611. The summed E-state index contributed by atoms with van der Waals surface area (Å²) in [6.45, 7) is 11.8. The zero-order valence-corrected chi connectivity index (χ0v) is 14.1. The number of piperazine rings is 1. The molecule has 1 N–H and O–H groups in total. The summed E-state index contributed by atoms with van der Waals surface area (Å²) in [6.07, 6.45) is 1.04. The van der Waals surface area contributed by atoms with Crippen LogP contribution in [0.2, 0.25) is 0 Å². The minimum atomic E-state index is 0.0937. The molecule has 1 heterocycles. The van der Waals surface area contributed by atoms with Crippen molar-refractivity contribution >= 4 is 6.03 Å². The largest absolute Gasteiger partial charge is 0.338 e.